The Labute approximate surface area is 162 Å². The molecule has 0 spiro atoms. The fraction of sp³-hybridized carbons (Fsp3) is 0.350. The molecule has 1 unspecified atom stereocenters. The Balaban J connectivity index is 2.13. The number of likely N-dealkylation sites (N-methyl/N-ethyl adjacent to an activating group) is 1. The molecule has 1 fully saturated rings. The summed E-state index contributed by atoms with van der Waals surface area (Å²) in [5.41, 5.74) is 8.76. The van der Waals surface area contributed by atoms with Crippen LogP contribution in [0.4, 0.5) is 10.1 Å². The lowest BCUT2D eigenvalue weighted by Gasteiger charge is -2.30. The van der Waals surface area contributed by atoms with Crippen LogP contribution < -0.4 is 11.5 Å². The Kier molecular flexibility index (Phi) is 4.63. The molecule has 2 heterocycles. The smallest absolute Gasteiger partial charge is 0.269 e. The number of aromatic nitrogens is 1. The molecule has 2 amide bonds. The number of anilines is 1. The Morgan fingerprint density at radius 3 is 2.64 bits per heavy atom. The van der Waals surface area contributed by atoms with Gasteiger partial charge in [-0.3, -0.25) is 9.59 Å². The average Bonchev–Trinajstić information content (AvgIpc) is 2.90. The normalized spacial score (nSPS) is 29.1. The van der Waals surface area contributed by atoms with Crippen molar-refractivity contribution in [3.05, 3.63) is 52.9 Å². The van der Waals surface area contributed by atoms with Crippen LogP contribution in [0.5, 0.6) is 0 Å². The van der Waals surface area contributed by atoms with Gasteiger partial charge in [0.25, 0.3) is 11.8 Å². The minimum atomic E-state index is -1.88. The first-order valence-electron chi connectivity index (χ1n) is 8.83. The van der Waals surface area contributed by atoms with E-state index in [1.165, 1.54) is 36.1 Å². The maximum absolute atomic E-state index is 15.3. The van der Waals surface area contributed by atoms with E-state index < -0.39 is 23.1 Å². The van der Waals surface area contributed by atoms with Crippen LogP contribution in [0.15, 0.2) is 41.5 Å². The van der Waals surface area contributed by atoms with E-state index in [2.05, 4.69) is 4.98 Å². The summed E-state index contributed by atoms with van der Waals surface area (Å²) < 4.78 is 15.3. The maximum Gasteiger partial charge on any atom is 0.269 e. The van der Waals surface area contributed by atoms with Gasteiger partial charge in [0, 0.05) is 25.6 Å². The molecule has 5 N–H and O–H groups in total. The molecule has 3 rings (SSSR count). The van der Waals surface area contributed by atoms with E-state index in [-0.39, 0.29) is 28.9 Å². The highest BCUT2D eigenvalue weighted by molar-refractivity contribution is 5.96. The second kappa shape index (κ2) is 6.56. The molecule has 2 aliphatic rings. The molecule has 28 heavy (non-hydrogen) atoms. The number of allylic oxidation sites excluding steroid dienone is 5. The Morgan fingerprint density at radius 1 is 1.39 bits per heavy atom. The number of nitrogens with two attached hydrogens (primary N) is 2. The fourth-order valence-electron chi connectivity index (χ4n) is 3.57. The molecule has 8 heteroatoms. The van der Waals surface area contributed by atoms with Crippen molar-refractivity contribution in [2.45, 2.75) is 31.5 Å². The van der Waals surface area contributed by atoms with Crippen molar-refractivity contribution < 1.29 is 19.1 Å². The Morgan fingerprint density at radius 2 is 2.07 bits per heavy atom. The van der Waals surface area contributed by atoms with E-state index in [1.807, 2.05) is 0 Å². The van der Waals surface area contributed by atoms with Gasteiger partial charge in [-0.05, 0) is 49.3 Å². The van der Waals surface area contributed by atoms with Crippen LogP contribution in [-0.4, -0.2) is 51.7 Å². The van der Waals surface area contributed by atoms with Crippen molar-refractivity contribution in [2.24, 2.45) is 5.73 Å². The zero-order chi connectivity index (χ0) is 20.9. The third-order valence-corrected chi connectivity index (χ3v) is 5.39. The molecular weight excluding hydrogens is 363 g/mol. The molecule has 0 radical (unpaired) electrons. The van der Waals surface area contributed by atoms with E-state index >= 15 is 4.39 Å². The van der Waals surface area contributed by atoms with Crippen LogP contribution in [0.1, 0.15) is 36.5 Å². The highest BCUT2D eigenvalue weighted by Gasteiger charge is 2.47. The predicted octanol–water partition coefficient (Wildman–Crippen LogP) is 1.35. The lowest BCUT2D eigenvalue weighted by atomic mass is 9.80. The van der Waals surface area contributed by atoms with E-state index in [9.17, 15) is 14.7 Å². The zero-order valence-corrected chi connectivity index (χ0v) is 16.0. The van der Waals surface area contributed by atoms with Gasteiger partial charge in [0.15, 0.2) is 17.0 Å². The molecule has 148 valence electrons. The summed E-state index contributed by atoms with van der Waals surface area (Å²) >= 11 is 0. The number of nitrogen functional groups attached to an aromatic ring is 1. The molecule has 1 aromatic heterocycles. The second-order valence-electron chi connectivity index (χ2n) is 7.38. The van der Waals surface area contributed by atoms with Crippen LogP contribution in [0.25, 0.3) is 5.57 Å². The first-order chi connectivity index (χ1) is 13.0. The van der Waals surface area contributed by atoms with Crippen LogP contribution >= 0.6 is 0 Å². The number of pyridine rings is 1. The van der Waals surface area contributed by atoms with Crippen molar-refractivity contribution in [2.75, 3.05) is 19.3 Å². The number of hydrogen-bond acceptors (Lipinski definition) is 5. The number of amides is 2. The Bertz CT molecular complexity index is 964. The number of halogens is 1. The lowest BCUT2D eigenvalue weighted by Crippen LogP contribution is -2.41. The van der Waals surface area contributed by atoms with E-state index in [0.29, 0.717) is 17.8 Å². The van der Waals surface area contributed by atoms with Crippen molar-refractivity contribution in [1.82, 2.24) is 9.88 Å². The van der Waals surface area contributed by atoms with Crippen molar-refractivity contribution in [3.8, 4) is 0 Å². The number of carbonyl (C=O) groups is 2. The third kappa shape index (κ3) is 3.09. The largest absolute Gasteiger partial charge is 0.397 e. The zero-order valence-electron chi connectivity index (χ0n) is 16.0. The number of alkyl halides is 1. The van der Waals surface area contributed by atoms with Crippen molar-refractivity contribution in [1.29, 1.82) is 0 Å². The Hall–Kier alpha value is -3.00. The van der Waals surface area contributed by atoms with Gasteiger partial charge < -0.3 is 21.5 Å². The van der Waals surface area contributed by atoms with Crippen LogP contribution in [0.2, 0.25) is 0 Å². The number of primary amides is 1. The number of carbonyl (C=O) groups excluding carboxylic acids is 2. The summed E-state index contributed by atoms with van der Waals surface area (Å²) in [6.45, 7) is 3.30. The first kappa shape index (κ1) is 19.8. The van der Waals surface area contributed by atoms with Gasteiger partial charge in [0.1, 0.15) is 0 Å². The van der Waals surface area contributed by atoms with Crippen LogP contribution in [0.3, 0.4) is 0 Å². The SMILES string of the molecule is C/C(=C1/C=C(c2ccc(N)c(C(N)=O)n2)C=CC1(C)F)[C@]1(O)CCN(C)C1=O. The van der Waals surface area contributed by atoms with E-state index in [0.717, 1.165) is 0 Å². The topological polar surface area (TPSA) is 123 Å². The van der Waals surface area contributed by atoms with Crippen molar-refractivity contribution in [3.63, 3.8) is 0 Å². The van der Waals surface area contributed by atoms with Gasteiger partial charge in [-0.2, -0.15) is 0 Å². The highest BCUT2D eigenvalue weighted by atomic mass is 19.1. The van der Waals surface area contributed by atoms with Gasteiger partial charge >= 0.3 is 0 Å². The molecule has 0 bridgehead atoms. The molecule has 1 aromatic rings. The van der Waals surface area contributed by atoms with Gasteiger partial charge in [-0.25, -0.2) is 9.37 Å². The number of hydrogen-bond donors (Lipinski definition) is 3. The van der Waals surface area contributed by atoms with Crippen LogP contribution in [-0.2, 0) is 4.79 Å². The summed E-state index contributed by atoms with van der Waals surface area (Å²) in [6.07, 6.45) is 4.58. The number of aliphatic hydroxyl groups is 1. The van der Waals surface area contributed by atoms with Crippen LogP contribution in [0, 0.1) is 0 Å². The van der Waals surface area contributed by atoms with Gasteiger partial charge in [0.05, 0.1) is 11.4 Å². The fourth-order valence-corrected chi connectivity index (χ4v) is 3.57. The maximum atomic E-state index is 15.3. The van der Waals surface area contributed by atoms with Gasteiger partial charge in [0.2, 0.25) is 0 Å². The summed E-state index contributed by atoms with van der Waals surface area (Å²) in [6, 6.07) is 3.09. The second-order valence-corrected chi connectivity index (χ2v) is 7.38. The number of nitrogens with zero attached hydrogens (tertiary/aromatic N) is 2. The molecule has 0 aromatic carbocycles. The predicted molar refractivity (Wildman–Crippen MR) is 104 cm³/mol. The van der Waals surface area contributed by atoms with Gasteiger partial charge in [-0.15, -0.1) is 0 Å². The molecule has 1 aliphatic heterocycles. The summed E-state index contributed by atoms with van der Waals surface area (Å²) in [4.78, 5) is 29.5. The molecule has 1 saturated heterocycles. The minimum absolute atomic E-state index is 0.0751. The third-order valence-electron chi connectivity index (χ3n) is 5.39. The quantitative estimate of drug-likeness (QED) is 0.724. The summed E-state index contributed by atoms with van der Waals surface area (Å²) in [5, 5.41) is 10.9. The highest BCUT2D eigenvalue weighted by Crippen LogP contribution is 2.40. The number of likely N-dealkylation sites (tertiary alicyclic amines) is 1. The summed E-state index contributed by atoms with van der Waals surface area (Å²) in [5.74, 6) is -1.23. The van der Waals surface area contributed by atoms with E-state index in [1.54, 1.807) is 20.0 Å². The monoisotopic (exact) mass is 386 g/mol. The summed E-state index contributed by atoms with van der Waals surface area (Å²) in [7, 11) is 1.60. The standard InChI is InChI=1S/C20H23FN4O3/c1-11(20(28)8-9-25(3)18(20)27)13-10-12(6-7-19(13,2)21)15-5-4-14(22)16(24-15)17(23)26/h4-7,10,28H,8-9,22H2,1-3H3,(H2,23,26)/b13-11+/t19?,20-/m1/s1. The van der Waals surface area contributed by atoms with Crippen molar-refractivity contribution >= 4 is 23.1 Å². The van der Waals surface area contributed by atoms with E-state index in [4.69, 9.17) is 11.5 Å². The van der Waals surface area contributed by atoms with Gasteiger partial charge in [-0.1, -0.05) is 6.08 Å². The first-order valence-corrected chi connectivity index (χ1v) is 8.83. The number of rotatable bonds is 3. The molecule has 1 aliphatic carbocycles. The average molecular weight is 386 g/mol. The lowest BCUT2D eigenvalue weighted by molar-refractivity contribution is -0.139. The molecule has 7 nitrogen and oxygen atoms in total. The molecule has 2 atom stereocenters. The minimum Gasteiger partial charge on any atom is -0.397 e. The molecule has 0 saturated carbocycles. The molecular formula is C20H23FN4O3.